The van der Waals surface area contributed by atoms with Crippen LogP contribution in [0, 0.1) is 0 Å². The molecule has 0 heterocycles. The second-order valence-corrected chi connectivity index (χ2v) is 9.98. The zero-order valence-electron chi connectivity index (χ0n) is 22.9. The fourth-order valence-electron chi connectivity index (χ4n) is 3.65. The molecule has 43 heavy (non-hydrogen) atoms. The van der Waals surface area contributed by atoms with Gasteiger partial charge in [-0.2, -0.15) is 0 Å². The van der Waals surface area contributed by atoms with Gasteiger partial charge in [-0.25, -0.2) is 0 Å². The Kier molecular flexibility index (Phi) is 16.0. The fourth-order valence-corrected chi connectivity index (χ4v) is 3.92. The Balaban J connectivity index is 1.84. The number of anilines is 4. The number of carbonyl (C=O) groups excluding carboxylic acids is 6. The minimum atomic E-state index is -0.508. The Labute approximate surface area is 268 Å². The van der Waals surface area contributed by atoms with Crippen LogP contribution in [0.5, 0.6) is 0 Å². The average Bonchev–Trinajstić information content (AvgIpc) is 3.01. The van der Waals surface area contributed by atoms with Gasteiger partial charge in [0.1, 0.15) is 23.5 Å². The highest BCUT2D eigenvalue weighted by Gasteiger charge is 2.15. The summed E-state index contributed by atoms with van der Waals surface area (Å²) in [5.41, 5.74) is 1.66. The average molecular weight is 676 g/mol. The summed E-state index contributed by atoms with van der Waals surface area (Å²) >= 11 is 22.2. The van der Waals surface area contributed by atoms with Crippen molar-refractivity contribution in [2.45, 2.75) is 25.7 Å². The molecule has 11 nitrogen and oxygen atoms in total. The van der Waals surface area contributed by atoms with E-state index in [9.17, 15) is 28.8 Å². The Hall–Kier alpha value is -3.22. The Morgan fingerprint density at radius 2 is 0.837 bits per heavy atom. The maximum Gasteiger partial charge on any atom is 0.239 e. The van der Waals surface area contributed by atoms with Gasteiger partial charge in [-0.3, -0.25) is 28.8 Å². The number of Topliss-reactive ketones (excluding diaryl/α,β-unsaturated/α-hetero) is 2. The van der Waals surface area contributed by atoms with Gasteiger partial charge in [-0.05, 0) is 49.2 Å². The van der Waals surface area contributed by atoms with E-state index in [1.54, 1.807) is 0 Å². The third-order valence-corrected chi connectivity index (χ3v) is 6.62. The number of benzene rings is 2. The highest BCUT2D eigenvalue weighted by Crippen LogP contribution is 2.26. The molecule has 0 bridgehead atoms. The number of carbonyl (C=O) groups is 6. The zero-order chi connectivity index (χ0) is 31.8. The van der Waals surface area contributed by atoms with Crippen molar-refractivity contribution >= 4 is 104 Å². The molecule has 2 rings (SSSR count). The lowest BCUT2D eigenvalue weighted by atomic mass is 10.0. The van der Waals surface area contributed by atoms with E-state index < -0.39 is 23.6 Å². The molecule has 0 aliphatic rings. The number of ketones is 2. The van der Waals surface area contributed by atoms with Gasteiger partial charge >= 0.3 is 0 Å². The van der Waals surface area contributed by atoms with Crippen LogP contribution in [0.4, 0.5) is 22.7 Å². The minimum absolute atomic E-state index is 0.165. The number of halogens is 4. The summed E-state index contributed by atoms with van der Waals surface area (Å²) in [4.78, 5) is 72.2. The monoisotopic (exact) mass is 674 g/mol. The smallest absolute Gasteiger partial charge is 0.239 e. The van der Waals surface area contributed by atoms with Gasteiger partial charge in [-0.15, -0.1) is 46.4 Å². The molecule has 0 fully saturated rings. The summed E-state index contributed by atoms with van der Waals surface area (Å²) in [6, 6.07) is 8.95. The van der Waals surface area contributed by atoms with E-state index in [2.05, 4.69) is 21.3 Å². The largest absolute Gasteiger partial charge is 0.381 e. The highest BCUT2D eigenvalue weighted by atomic mass is 35.5. The second-order valence-electron chi connectivity index (χ2n) is 8.91. The van der Waals surface area contributed by atoms with Crippen molar-refractivity contribution in [3.63, 3.8) is 0 Å². The van der Waals surface area contributed by atoms with Gasteiger partial charge in [0.2, 0.25) is 23.6 Å². The number of rotatable bonds is 18. The van der Waals surface area contributed by atoms with Crippen molar-refractivity contribution < 1.29 is 33.5 Å². The van der Waals surface area contributed by atoms with E-state index in [0.717, 1.165) is 0 Å². The molecule has 0 saturated heterocycles. The number of hydrogen-bond acceptors (Lipinski definition) is 7. The van der Waals surface area contributed by atoms with E-state index in [1.807, 2.05) is 0 Å². The number of hydrogen-bond donors (Lipinski definition) is 4. The standard InChI is InChI=1S/C28H30Cl4N4O7/c29-13-25(39)33-19-7-5-17(11-21(19)35-27(41)15-31)23(37)3-1-9-43-10-2-4-24(38)18-6-8-20(34-26(40)14-30)22(12-18)36-28(42)16-32/h5-8,11-12H,1-4,9-10,13-16H2,(H,33,39)(H,34,40)(H,35,41)(H,36,42). The van der Waals surface area contributed by atoms with Gasteiger partial charge in [0.15, 0.2) is 11.6 Å². The molecule has 0 unspecified atom stereocenters. The molecule has 0 spiro atoms. The van der Waals surface area contributed by atoms with Gasteiger partial charge in [-0.1, -0.05) is 0 Å². The van der Waals surface area contributed by atoms with E-state index in [4.69, 9.17) is 51.1 Å². The first-order chi connectivity index (χ1) is 20.6. The predicted octanol–water partition coefficient (Wildman–Crippen LogP) is 5.04. The van der Waals surface area contributed by atoms with E-state index >= 15 is 0 Å². The molecular weight excluding hydrogens is 646 g/mol. The normalized spacial score (nSPS) is 10.5. The fraction of sp³-hybridized carbons (Fsp3) is 0.357. The van der Waals surface area contributed by atoms with Crippen molar-refractivity contribution in [1.82, 2.24) is 0 Å². The summed E-state index contributed by atoms with van der Waals surface area (Å²) in [6.45, 7) is 0.562. The molecule has 4 N–H and O–H groups in total. The van der Waals surface area contributed by atoms with Crippen molar-refractivity contribution in [2.24, 2.45) is 0 Å². The van der Waals surface area contributed by atoms with Crippen LogP contribution in [0.3, 0.4) is 0 Å². The quantitative estimate of drug-likeness (QED) is 0.0979. The first-order valence-corrected chi connectivity index (χ1v) is 15.1. The lowest BCUT2D eigenvalue weighted by Crippen LogP contribution is -2.18. The lowest BCUT2D eigenvalue weighted by molar-refractivity contribution is -0.114. The van der Waals surface area contributed by atoms with Crippen LogP contribution >= 0.6 is 46.4 Å². The molecule has 0 saturated carbocycles. The van der Waals surface area contributed by atoms with Crippen molar-refractivity contribution in [2.75, 3.05) is 58.0 Å². The summed E-state index contributed by atoms with van der Waals surface area (Å²) in [7, 11) is 0. The molecule has 0 atom stereocenters. The van der Waals surface area contributed by atoms with Crippen molar-refractivity contribution in [3.05, 3.63) is 47.5 Å². The summed E-state index contributed by atoms with van der Waals surface area (Å²) in [5.74, 6) is -3.54. The molecule has 0 radical (unpaired) electrons. The van der Waals surface area contributed by atoms with Gasteiger partial charge < -0.3 is 26.0 Å². The number of nitrogens with one attached hydrogen (secondary N) is 4. The summed E-state index contributed by atoms with van der Waals surface area (Å²) in [6.07, 6.45) is 1.16. The van der Waals surface area contributed by atoms with Gasteiger partial charge in [0.25, 0.3) is 0 Å². The molecule has 15 heteroatoms. The van der Waals surface area contributed by atoms with Crippen LogP contribution in [0.15, 0.2) is 36.4 Å². The Bertz CT molecular complexity index is 1240. The van der Waals surface area contributed by atoms with Crippen LogP contribution in [-0.2, 0) is 23.9 Å². The van der Waals surface area contributed by atoms with E-state index in [1.165, 1.54) is 36.4 Å². The molecule has 0 aliphatic heterocycles. The summed E-state index contributed by atoms with van der Waals surface area (Å²) in [5, 5.41) is 10.2. The Morgan fingerprint density at radius 3 is 1.16 bits per heavy atom. The third kappa shape index (κ3) is 12.5. The van der Waals surface area contributed by atoms with Crippen molar-refractivity contribution in [1.29, 1.82) is 0 Å². The molecule has 0 aliphatic carbocycles. The first-order valence-electron chi connectivity index (χ1n) is 13.0. The van der Waals surface area contributed by atoms with E-state index in [-0.39, 0.29) is 83.9 Å². The van der Waals surface area contributed by atoms with Gasteiger partial charge in [0, 0.05) is 37.2 Å². The maximum atomic E-state index is 12.7. The zero-order valence-corrected chi connectivity index (χ0v) is 25.9. The first kappa shape index (κ1) is 36.0. The minimum Gasteiger partial charge on any atom is -0.381 e. The lowest BCUT2D eigenvalue weighted by Gasteiger charge is -2.13. The Morgan fingerprint density at radius 1 is 0.512 bits per heavy atom. The number of alkyl halides is 4. The molecule has 0 aromatic heterocycles. The van der Waals surface area contributed by atoms with Crippen LogP contribution in [0.1, 0.15) is 46.4 Å². The van der Waals surface area contributed by atoms with Crippen LogP contribution in [0.2, 0.25) is 0 Å². The molecule has 4 amide bonds. The topological polar surface area (TPSA) is 160 Å². The van der Waals surface area contributed by atoms with Crippen LogP contribution in [-0.4, -0.2) is 71.9 Å². The van der Waals surface area contributed by atoms with E-state index in [0.29, 0.717) is 24.0 Å². The molecule has 2 aromatic carbocycles. The molecule has 2 aromatic rings. The molecule has 232 valence electrons. The number of ether oxygens (including phenoxy) is 1. The van der Waals surface area contributed by atoms with Gasteiger partial charge in [0.05, 0.1) is 22.7 Å². The highest BCUT2D eigenvalue weighted by molar-refractivity contribution is 6.31. The van der Waals surface area contributed by atoms with Crippen LogP contribution in [0.25, 0.3) is 0 Å². The second kappa shape index (κ2) is 19.1. The number of amides is 4. The van der Waals surface area contributed by atoms with Crippen LogP contribution < -0.4 is 21.3 Å². The van der Waals surface area contributed by atoms with Crippen molar-refractivity contribution in [3.8, 4) is 0 Å². The summed E-state index contributed by atoms with van der Waals surface area (Å²) < 4.78 is 5.57. The molecular formula is C28H30Cl4N4O7. The maximum absolute atomic E-state index is 12.7. The predicted molar refractivity (Wildman–Crippen MR) is 168 cm³/mol. The SMILES string of the molecule is O=C(CCl)Nc1ccc(C(=O)CCCOCCCC(=O)c2ccc(NC(=O)CCl)c(NC(=O)CCl)c2)cc1NC(=O)CCl. The third-order valence-electron chi connectivity index (χ3n) is 5.65.